The zero-order chi connectivity index (χ0) is 12.3. The summed E-state index contributed by atoms with van der Waals surface area (Å²) in [6, 6.07) is 0. The first-order valence-corrected chi connectivity index (χ1v) is 5.93. The Hall–Kier alpha value is -1.14. The zero-order valence-electron chi connectivity index (χ0n) is 10.7. The fourth-order valence-electron chi connectivity index (χ4n) is 2.01. The first-order valence-electron chi connectivity index (χ1n) is 5.93. The van der Waals surface area contributed by atoms with Gasteiger partial charge in [-0.2, -0.15) is 4.98 Å². The van der Waals surface area contributed by atoms with Crippen LogP contribution in [0.25, 0.3) is 0 Å². The third-order valence-electron chi connectivity index (χ3n) is 3.09. The molecule has 7 heteroatoms. The lowest BCUT2D eigenvalue weighted by molar-refractivity contribution is -0.128. The van der Waals surface area contributed by atoms with Crippen molar-refractivity contribution in [3.8, 4) is 0 Å². The first kappa shape index (κ1) is 14.9. The number of aryl methyl sites for hydroxylation is 1. The fraction of sp³-hybridized carbons (Fsp3) is 0.727. The maximum atomic E-state index is 12.0. The van der Waals surface area contributed by atoms with Crippen molar-refractivity contribution in [2.45, 2.75) is 45.2 Å². The van der Waals surface area contributed by atoms with Gasteiger partial charge in [0, 0.05) is 0 Å². The van der Waals surface area contributed by atoms with Crippen LogP contribution in [0.5, 0.6) is 0 Å². The lowest BCUT2D eigenvalue weighted by atomic mass is 9.90. The quantitative estimate of drug-likeness (QED) is 0.858. The van der Waals surface area contributed by atoms with E-state index in [9.17, 15) is 4.79 Å². The smallest absolute Gasteiger partial charge is 0.246 e. The molecule has 2 heterocycles. The van der Waals surface area contributed by atoms with Gasteiger partial charge in [-0.1, -0.05) is 5.16 Å². The second-order valence-electron chi connectivity index (χ2n) is 4.63. The van der Waals surface area contributed by atoms with Gasteiger partial charge in [-0.05, 0) is 39.7 Å². The van der Waals surface area contributed by atoms with Gasteiger partial charge >= 0.3 is 0 Å². The number of nitrogens with zero attached hydrogens (tertiary/aromatic N) is 2. The zero-order valence-corrected chi connectivity index (χ0v) is 11.5. The summed E-state index contributed by atoms with van der Waals surface area (Å²) in [5, 5.41) is 9.75. The molecule has 1 aliphatic heterocycles. The molecule has 1 atom stereocenters. The highest BCUT2D eigenvalue weighted by atomic mass is 35.5. The van der Waals surface area contributed by atoms with E-state index < -0.39 is 5.54 Å². The highest BCUT2D eigenvalue weighted by Gasteiger charge is 2.34. The van der Waals surface area contributed by atoms with E-state index in [1.54, 1.807) is 6.92 Å². The Bertz CT molecular complexity index is 402. The van der Waals surface area contributed by atoms with Crippen molar-refractivity contribution < 1.29 is 9.32 Å². The lowest BCUT2D eigenvalue weighted by Crippen LogP contribution is -2.56. The van der Waals surface area contributed by atoms with E-state index in [1.807, 2.05) is 6.92 Å². The van der Waals surface area contributed by atoms with Gasteiger partial charge in [0.15, 0.2) is 5.82 Å². The van der Waals surface area contributed by atoms with Crippen LogP contribution in [-0.2, 0) is 11.3 Å². The molecule has 0 spiro atoms. The second kappa shape index (κ2) is 6.15. The number of carbonyl (C=O) groups is 1. The number of hydrogen-bond acceptors (Lipinski definition) is 5. The summed E-state index contributed by atoms with van der Waals surface area (Å²) < 4.78 is 4.94. The maximum absolute atomic E-state index is 12.0. The molecule has 18 heavy (non-hydrogen) atoms. The number of carbonyl (C=O) groups excluding carboxylic acids is 1. The third-order valence-corrected chi connectivity index (χ3v) is 3.09. The van der Waals surface area contributed by atoms with Gasteiger partial charge in [-0.3, -0.25) is 4.79 Å². The van der Waals surface area contributed by atoms with Crippen LogP contribution in [-0.4, -0.2) is 28.1 Å². The van der Waals surface area contributed by atoms with Gasteiger partial charge in [-0.25, -0.2) is 0 Å². The van der Waals surface area contributed by atoms with E-state index in [0.29, 0.717) is 11.7 Å². The molecule has 0 bridgehead atoms. The summed E-state index contributed by atoms with van der Waals surface area (Å²) in [4.78, 5) is 16.1. The van der Waals surface area contributed by atoms with Crippen LogP contribution in [0, 0.1) is 6.92 Å². The van der Waals surface area contributed by atoms with Gasteiger partial charge in [-0.15, -0.1) is 12.4 Å². The number of aromatic nitrogens is 2. The standard InChI is InChI=1S/C11H18N4O2.ClH/c1-8-14-9(17-15-8)7-12-10(16)11(2)5-3-4-6-13-11;/h13H,3-7H2,1-2H3,(H,12,16);1H. The number of piperidine rings is 1. The topological polar surface area (TPSA) is 80.0 Å². The highest BCUT2D eigenvalue weighted by Crippen LogP contribution is 2.18. The second-order valence-corrected chi connectivity index (χ2v) is 4.63. The minimum atomic E-state index is -0.465. The average Bonchev–Trinajstić information content (AvgIpc) is 2.73. The summed E-state index contributed by atoms with van der Waals surface area (Å²) in [6.45, 7) is 4.86. The summed E-state index contributed by atoms with van der Waals surface area (Å²) in [7, 11) is 0. The van der Waals surface area contributed by atoms with E-state index in [4.69, 9.17) is 4.52 Å². The molecule has 1 saturated heterocycles. The van der Waals surface area contributed by atoms with E-state index in [0.717, 1.165) is 25.8 Å². The van der Waals surface area contributed by atoms with E-state index in [1.165, 1.54) is 0 Å². The van der Waals surface area contributed by atoms with Crippen LogP contribution < -0.4 is 10.6 Å². The first-order chi connectivity index (χ1) is 8.10. The van der Waals surface area contributed by atoms with Crippen LogP contribution in [0.2, 0.25) is 0 Å². The number of rotatable bonds is 3. The van der Waals surface area contributed by atoms with Crippen molar-refractivity contribution in [1.82, 2.24) is 20.8 Å². The normalized spacial score (nSPS) is 23.2. The van der Waals surface area contributed by atoms with E-state index in [-0.39, 0.29) is 24.9 Å². The molecular weight excluding hydrogens is 256 g/mol. The monoisotopic (exact) mass is 274 g/mol. The van der Waals surface area contributed by atoms with Crippen molar-refractivity contribution >= 4 is 18.3 Å². The number of nitrogens with one attached hydrogen (secondary N) is 2. The van der Waals surface area contributed by atoms with Crippen molar-refractivity contribution in [1.29, 1.82) is 0 Å². The molecule has 1 unspecified atom stereocenters. The molecule has 0 saturated carbocycles. The minimum Gasteiger partial charge on any atom is -0.345 e. The SMILES string of the molecule is Cc1noc(CNC(=O)C2(C)CCCCN2)n1.Cl. The largest absolute Gasteiger partial charge is 0.345 e. The predicted molar refractivity (Wildman–Crippen MR) is 68.4 cm³/mol. The van der Waals surface area contributed by atoms with Gasteiger partial charge in [0.05, 0.1) is 12.1 Å². The van der Waals surface area contributed by atoms with Crippen LogP contribution >= 0.6 is 12.4 Å². The van der Waals surface area contributed by atoms with Gasteiger partial charge in [0.25, 0.3) is 0 Å². The summed E-state index contributed by atoms with van der Waals surface area (Å²) in [5.41, 5.74) is -0.465. The Morgan fingerprint density at radius 2 is 2.33 bits per heavy atom. The molecule has 0 aliphatic carbocycles. The van der Waals surface area contributed by atoms with E-state index in [2.05, 4.69) is 20.8 Å². The third kappa shape index (κ3) is 3.43. The van der Waals surface area contributed by atoms with Gasteiger partial charge in [0.2, 0.25) is 11.8 Å². The van der Waals surface area contributed by atoms with Crippen LogP contribution in [0.3, 0.4) is 0 Å². The highest BCUT2D eigenvalue weighted by molar-refractivity contribution is 5.86. The molecule has 1 aromatic heterocycles. The van der Waals surface area contributed by atoms with E-state index >= 15 is 0 Å². The number of amides is 1. The van der Waals surface area contributed by atoms with Gasteiger partial charge < -0.3 is 15.2 Å². The molecule has 1 amide bonds. The molecule has 1 fully saturated rings. The average molecular weight is 275 g/mol. The predicted octanol–water partition coefficient (Wildman–Crippen LogP) is 0.948. The number of halogens is 1. The van der Waals surface area contributed by atoms with Crippen LogP contribution in [0.15, 0.2) is 4.52 Å². The van der Waals surface area contributed by atoms with Crippen molar-refractivity contribution in [2.24, 2.45) is 0 Å². The Morgan fingerprint density at radius 1 is 1.56 bits per heavy atom. The Balaban J connectivity index is 0.00000162. The minimum absolute atomic E-state index is 0. The molecule has 1 aromatic rings. The Labute approximate surface area is 112 Å². The van der Waals surface area contributed by atoms with Crippen LogP contribution in [0.1, 0.15) is 37.9 Å². The maximum Gasteiger partial charge on any atom is 0.246 e. The summed E-state index contributed by atoms with van der Waals surface area (Å²) in [6.07, 6.45) is 3.07. The summed E-state index contributed by atoms with van der Waals surface area (Å²) in [5.74, 6) is 1.01. The number of hydrogen-bond donors (Lipinski definition) is 2. The Kier molecular flexibility index (Phi) is 5.10. The molecular formula is C11H19ClN4O2. The molecule has 0 radical (unpaired) electrons. The van der Waals surface area contributed by atoms with Gasteiger partial charge in [0.1, 0.15) is 0 Å². The van der Waals surface area contributed by atoms with Crippen molar-refractivity contribution in [2.75, 3.05) is 6.54 Å². The fourth-order valence-corrected chi connectivity index (χ4v) is 2.01. The van der Waals surface area contributed by atoms with Crippen LogP contribution in [0.4, 0.5) is 0 Å². The molecule has 0 aromatic carbocycles. The van der Waals surface area contributed by atoms with Crippen molar-refractivity contribution in [3.05, 3.63) is 11.7 Å². The Morgan fingerprint density at radius 3 is 2.89 bits per heavy atom. The van der Waals surface area contributed by atoms with Crippen molar-refractivity contribution in [3.63, 3.8) is 0 Å². The summed E-state index contributed by atoms with van der Waals surface area (Å²) >= 11 is 0. The molecule has 1 aliphatic rings. The molecule has 2 rings (SSSR count). The molecule has 102 valence electrons. The molecule has 2 N–H and O–H groups in total. The lowest BCUT2D eigenvalue weighted by Gasteiger charge is -2.33. The molecule has 6 nitrogen and oxygen atoms in total.